The average molecular weight is 599 g/mol. The van der Waals surface area contributed by atoms with Gasteiger partial charge in [-0.15, -0.1) is 0 Å². The van der Waals surface area contributed by atoms with Crippen molar-refractivity contribution in [2.75, 3.05) is 32.7 Å². The zero-order chi connectivity index (χ0) is 30.5. The molecule has 3 atom stereocenters. The van der Waals surface area contributed by atoms with Crippen molar-refractivity contribution in [2.45, 2.75) is 75.8 Å². The second-order valence-corrected chi connectivity index (χ2v) is 13.3. The van der Waals surface area contributed by atoms with Crippen molar-refractivity contribution >= 4 is 11.9 Å². The molecule has 8 nitrogen and oxygen atoms in total. The third-order valence-electron chi connectivity index (χ3n) is 10.3. The molecule has 1 aromatic heterocycles. The standard InChI is InChI=1S/C36H46N4O4/c41-34(42)25-40-33(21-31(37-40)20-26-10-4-1-5-11-26)28-16-18-38(19-17-28)22-30-23-39(24-32(30)27-12-6-2-7-13-27)35(36(43)44)29-14-8-3-9-15-29/h1-2,4-7,10-13,21,28-30,32,35H,3,8-9,14-20,22-25H2,(H,41,42)(H,43,44)/t30-,32?,35+/m0/s1. The summed E-state index contributed by atoms with van der Waals surface area (Å²) >= 11 is 0. The Morgan fingerprint density at radius 2 is 1.55 bits per heavy atom. The highest BCUT2D eigenvalue weighted by Gasteiger charge is 2.43. The maximum atomic E-state index is 12.6. The van der Waals surface area contributed by atoms with Gasteiger partial charge in [0.05, 0.1) is 5.69 Å². The molecule has 8 heteroatoms. The lowest BCUT2D eigenvalue weighted by Crippen LogP contribution is -2.46. The van der Waals surface area contributed by atoms with Crippen LogP contribution >= 0.6 is 0 Å². The Hall–Kier alpha value is -3.49. The van der Waals surface area contributed by atoms with Gasteiger partial charge in [0.25, 0.3) is 0 Å². The molecule has 0 bridgehead atoms. The van der Waals surface area contributed by atoms with Gasteiger partial charge in [0.15, 0.2) is 0 Å². The van der Waals surface area contributed by atoms with Gasteiger partial charge in [0.1, 0.15) is 12.6 Å². The summed E-state index contributed by atoms with van der Waals surface area (Å²) < 4.78 is 1.71. The molecule has 1 aliphatic carbocycles. The number of benzene rings is 2. The minimum atomic E-state index is -0.872. The van der Waals surface area contributed by atoms with Crippen LogP contribution in [-0.2, 0) is 22.6 Å². The monoisotopic (exact) mass is 598 g/mol. The molecular formula is C36H46N4O4. The molecule has 6 rings (SSSR count). The van der Waals surface area contributed by atoms with E-state index in [4.69, 9.17) is 5.10 Å². The van der Waals surface area contributed by atoms with Crippen LogP contribution in [-0.4, -0.2) is 80.5 Å². The molecule has 1 saturated carbocycles. The fourth-order valence-corrected chi connectivity index (χ4v) is 8.21. The molecule has 3 fully saturated rings. The third kappa shape index (κ3) is 7.24. The van der Waals surface area contributed by atoms with Crippen molar-refractivity contribution in [3.05, 3.63) is 89.2 Å². The molecular weight excluding hydrogens is 552 g/mol. The van der Waals surface area contributed by atoms with Crippen LogP contribution in [0.2, 0.25) is 0 Å². The minimum absolute atomic E-state index is 0.118. The largest absolute Gasteiger partial charge is 0.480 e. The number of likely N-dealkylation sites (tertiary alicyclic amines) is 2. The first-order chi connectivity index (χ1) is 21.4. The number of aliphatic carboxylic acids is 2. The Balaban J connectivity index is 1.14. The summed E-state index contributed by atoms with van der Waals surface area (Å²) in [6.07, 6.45) is 8.16. The third-order valence-corrected chi connectivity index (χ3v) is 10.3. The molecule has 234 valence electrons. The molecule has 0 spiro atoms. The number of hydrogen-bond acceptors (Lipinski definition) is 5. The van der Waals surface area contributed by atoms with E-state index in [-0.39, 0.29) is 18.4 Å². The summed E-state index contributed by atoms with van der Waals surface area (Å²) in [5, 5.41) is 24.6. The number of hydrogen-bond donors (Lipinski definition) is 2. The summed E-state index contributed by atoms with van der Waals surface area (Å²) in [6, 6.07) is 22.6. The normalized spacial score (nSPS) is 23.1. The first kappa shape index (κ1) is 30.5. The summed E-state index contributed by atoms with van der Waals surface area (Å²) in [6.45, 7) is 4.35. The lowest BCUT2D eigenvalue weighted by molar-refractivity contribution is -0.145. The fourth-order valence-electron chi connectivity index (χ4n) is 8.21. The second-order valence-electron chi connectivity index (χ2n) is 13.3. The Kier molecular flexibility index (Phi) is 9.77. The van der Waals surface area contributed by atoms with Crippen molar-refractivity contribution in [3.8, 4) is 0 Å². The first-order valence-corrected chi connectivity index (χ1v) is 16.5. The van der Waals surface area contributed by atoms with Crippen LogP contribution in [0.5, 0.6) is 0 Å². The van der Waals surface area contributed by atoms with Crippen LogP contribution in [0.1, 0.15) is 79.3 Å². The van der Waals surface area contributed by atoms with Crippen LogP contribution in [0.4, 0.5) is 0 Å². The van der Waals surface area contributed by atoms with E-state index in [2.05, 4.69) is 58.3 Å². The highest BCUT2D eigenvalue weighted by molar-refractivity contribution is 5.74. The maximum Gasteiger partial charge on any atom is 0.325 e. The van der Waals surface area contributed by atoms with Gasteiger partial charge in [0.2, 0.25) is 0 Å². The smallest absolute Gasteiger partial charge is 0.325 e. The molecule has 2 aromatic carbocycles. The summed E-state index contributed by atoms with van der Waals surface area (Å²) in [4.78, 5) is 29.1. The van der Waals surface area contributed by atoms with Gasteiger partial charge in [-0.3, -0.25) is 19.2 Å². The van der Waals surface area contributed by atoms with Gasteiger partial charge in [-0.05, 0) is 67.8 Å². The van der Waals surface area contributed by atoms with E-state index >= 15 is 0 Å². The van der Waals surface area contributed by atoms with E-state index in [0.29, 0.717) is 18.3 Å². The summed E-state index contributed by atoms with van der Waals surface area (Å²) in [5.41, 5.74) is 4.42. The minimum Gasteiger partial charge on any atom is -0.480 e. The highest BCUT2D eigenvalue weighted by atomic mass is 16.4. The lowest BCUT2D eigenvalue weighted by atomic mass is 9.83. The number of carboxylic acid groups (broad SMARTS) is 2. The molecule has 3 aromatic rings. The quantitative estimate of drug-likeness (QED) is 0.301. The Bertz CT molecular complexity index is 1380. The van der Waals surface area contributed by atoms with Crippen LogP contribution in [0.25, 0.3) is 0 Å². The van der Waals surface area contributed by atoms with Crippen molar-refractivity contribution in [2.24, 2.45) is 11.8 Å². The molecule has 1 unspecified atom stereocenters. The summed E-state index contributed by atoms with van der Waals surface area (Å²) in [7, 11) is 0. The van der Waals surface area contributed by atoms with Gasteiger partial charge in [-0.1, -0.05) is 79.9 Å². The zero-order valence-electron chi connectivity index (χ0n) is 25.6. The van der Waals surface area contributed by atoms with E-state index in [1.165, 1.54) is 17.5 Å². The van der Waals surface area contributed by atoms with Crippen LogP contribution in [0.3, 0.4) is 0 Å². The molecule has 3 aliphatic rings. The van der Waals surface area contributed by atoms with E-state index < -0.39 is 18.0 Å². The molecule has 3 heterocycles. The molecule has 2 aliphatic heterocycles. The Morgan fingerprint density at radius 3 is 2.20 bits per heavy atom. The van der Waals surface area contributed by atoms with Crippen molar-refractivity contribution in [3.63, 3.8) is 0 Å². The zero-order valence-corrected chi connectivity index (χ0v) is 25.6. The number of aromatic nitrogens is 2. The van der Waals surface area contributed by atoms with Crippen LogP contribution < -0.4 is 0 Å². The van der Waals surface area contributed by atoms with E-state index in [1.54, 1.807) is 4.68 Å². The van der Waals surface area contributed by atoms with Crippen LogP contribution in [0.15, 0.2) is 66.7 Å². The second kappa shape index (κ2) is 14.1. The number of rotatable bonds is 11. The maximum absolute atomic E-state index is 12.6. The van der Waals surface area contributed by atoms with Gasteiger partial charge < -0.3 is 15.1 Å². The van der Waals surface area contributed by atoms with E-state index in [1.807, 2.05) is 18.2 Å². The molecule has 44 heavy (non-hydrogen) atoms. The van der Waals surface area contributed by atoms with Crippen molar-refractivity contribution < 1.29 is 19.8 Å². The van der Waals surface area contributed by atoms with E-state index in [9.17, 15) is 19.8 Å². The highest BCUT2D eigenvalue weighted by Crippen LogP contribution is 2.39. The van der Waals surface area contributed by atoms with Crippen molar-refractivity contribution in [1.82, 2.24) is 19.6 Å². The van der Waals surface area contributed by atoms with E-state index in [0.717, 1.165) is 82.6 Å². The van der Waals surface area contributed by atoms with Gasteiger partial charge in [-0.2, -0.15) is 5.10 Å². The van der Waals surface area contributed by atoms with Gasteiger partial charge in [-0.25, -0.2) is 0 Å². The number of nitrogens with zero attached hydrogens (tertiary/aromatic N) is 4. The average Bonchev–Trinajstić information content (AvgIpc) is 3.62. The van der Waals surface area contributed by atoms with Crippen LogP contribution in [0, 0.1) is 11.8 Å². The predicted molar refractivity (Wildman–Crippen MR) is 170 cm³/mol. The molecule has 0 amide bonds. The molecule has 2 saturated heterocycles. The topological polar surface area (TPSA) is 98.9 Å². The SMILES string of the molecule is O=C(O)Cn1nc(Cc2ccccc2)cc1C1CCN(C[C@H]2CN([C@@H](C(=O)O)C3CCCCC3)CC2c2ccccc2)CC1. The predicted octanol–water partition coefficient (Wildman–Crippen LogP) is 5.49. The lowest BCUT2D eigenvalue weighted by Gasteiger charge is -2.35. The number of carbonyl (C=O) groups is 2. The van der Waals surface area contributed by atoms with Gasteiger partial charge in [0, 0.05) is 43.6 Å². The number of carboxylic acids is 2. The number of piperidine rings is 1. The Labute approximate surface area is 260 Å². The fraction of sp³-hybridized carbons (Fsp3) is 0.528. The van der Waals surface area contributed by atoms with Crippen molar-refractivity contribution in [1.29, 1.82) is 0 Å². The summed E-state index contributed by atoms with van der Waals surface area (Å²) in [5.74, 6) is -0.324. The molecule has 2 N–H and O–H groups in total. The molecule has 0 radical (unpaired) electrons. The van der Waals surface area contributed by atoms with Gasteiger partial charge >= 0.3 is 11.9 Å². The Morgan fingerprint density at radius 1 is 0.864 bits per heavy atom. The first-order valence-electron chi connectivity index (χ1n) is 16.5.